The van der Waals surface area contributed by atoms with Gasteiger partial charge in [-0.25, -0.2) is 8.42 Å². The average molecular weight is 367 g/mol. The molecule has 0 aliphatic carbocycles. The zero-order valence-corrected chi connectivity index (χ0v) is 14.8. The van der Waals surface area contributed by atoms with Crippen molar-refractivity contribution in [3.05, 3.63) is 52.2 Å². The smallest absolute Gasteiger partial charge is 0.272 e. The van der Waals surface area contributed by atoms with E-state index in [0.717, 1.165) is 9.87 Å². The molecule has 0 spiro atoms. The van der Waals surface area contributed by atoms with E-state index in [4.69, 9.17) is 0 Å². The third-order valence-corrected chi connectivity index (χ3v) is 5.84. The minimum Gasteiger partial charge on any atom is -0.272 e. The third-order valence-electron chi connectivity index (χ3n) is 3.16. The lowest BCUT2D eigenvalue weighted by atomic mass is 10.2. The molecule has 7 nitrogen and oxygen atoms in total. The van der Waals surface area contributed by atoms with Crippen molar-refractivity contribution < 1.29 is 18.0 Å². The van der Waals surface area contributed by atoms with Crippen molar-refractivity contribution in [2.45, 2.75) is 11.8 Å². The molecule has 128 valence electrons. The van der Waals surface area contributed by atoms with Crippen molar-refractivity contribution in [1.82, 2.24) is 15.2 Å². The standard InChI is InChI=1S/C15H17N3O4S2/c1-11-5-7-12(8-6-11)24(21,22)18(2)10-14(19)16-17-15(20)13-4-3-9-23-13/h3-9H,10H2,1-2H3,(H,16,19)(H,17,20). The van der Waals surface area contributed by atoms with Crippen molar-refractivity contribution in [1.29, 1.82) is 0 Å². The minimum atomic E-state index is -3.77. The highest BCUT2D eigenvalue weighted by Crippen LogP contribution is 2.14. The summed E-state index contributed by atoms with van der Waals surface area (Å²) in [5.41, 5.74) is 5.37. The molecule has 0 atom stereocenters. The van der Waals surface area contributed by atoms with Crippen LogP contribution in [0.15, 0.2) is 46.7 Å². The zero-order valence-electron chi connectivity index (χ0n) is 13.1. The first-order valence-corrected chi connectivity index (χ1v) is 9.28. The van der Waals surface area contributed by atoms with E-state index in [0.29, 0.717) is 4.88 Å². The highest BCUT2D eigenvalue weighted by atomic mass is 32.2. The number of sulfonamides is 1. The van der Waals surface area contributed by atoms with Crippen LogP contribution in [0.3, 0.4) is 0 Å². The second-order valence-electron chi connectivity index (χ2n) is 5.05. The van der Waals surface area contributed by atoms with Gasteiger partial charge >= 0.3 is 0 Å². The first kappa shape index (κ1) is 18.1. The van der Waals surface area contributed by atoms with E-state index in [9.17, 15) is 18.0 Å². The maximum Gasteiger partial charge on any atom is 0.279 e. The number of rotatable bonds is 5. The number of aryl methyl sites for hydroxylation is 1. The van der Waals surface area contributed by atoms with Crippen LogP contribution in [0.4, 0.5) is 0 Å². The predicted molar refractivity (Wildman–Crippen MR) is 90.9 cm³/mol. The lowest BCUT2D eigenvalue weighted by Gasteiger charge is -2.17. The molecule has 2 N–H and O–H groups in total. The number of likely N-dealkylation sites (N-methyl/N-ethyl adjacent to an activating group) is 1. The molecule has 2 amide bonds. The quantitative estimate of drug-likeness (QED) is 0.775. The molecule has 24 heavy (non-hydrogen) atoms. The summed E-state index contributed by atoms with van der Waals surface area (Å²) in [7, 11) is -2.47. The van der Waals surface area contributed by atoms with Crippen molar-refractivity contribution in [2.75, 3.05) is 13.6 Å². The molecule has 0 aliphatic heterocycles. The minimum absolute atomic E-state index is 0.103. The monoisotopic (exact) mass is 367 g/mol. The molecule has 0 radical (unpaired) electrons. The fraction of sp³-hybridized carbons (Fsp3) is 0.200. The van der Waals surface area contributed by atoms with Crippen LogP contribution >= 0.6 is 11.3 Å². The van der Waals surface area contributed by atoms with Gasteiger partial charge in [0.1, 0.15) is 0 Å². The molecule has 0 saturated carbocycles. The molecule has 1 aromatic carbocycles. The predicted octanol–water partition coefficient (Wildman–Crippen LogP) is 1.14. The fourth-order valence-corrected chi connectivity index (χ4v) is 3.56. The van der Waals surface area contributed by atoms with E-state index in [1.165, 1.54) is 30.5 Å². The van der Waals surface area contributed by atoms with Crippen molar-refractivity contribution >= 4 is 33.2 Å². The summed E-state index contributed by atoms with van der Waals surface area (Å²) in [6.45, 7) is 1.44. The number of carbonyl (C=O) groups excluding carboxylic acids is 2. The number of thiophene rings is 1. The van der Waals surface area contributed by atoms with Crippen LogP contribution in [0, 0.1) is 6.92 Å². The maximum absolute atomic E-state index is 12.4. The first-order valence-electron chi connectivity index (χ1n) is 6.96. The Hall–Kier alpha value is -2.23. The molecule has 0 fully saturated rings. The number of hydrazine groups is 1. The molecule has 2 aromatic rings. The van der Waals surface area contributed by atoms with Crippen molar-refractivity contribution in [3.63, 3.8) is 0 Å². The molecule has 1 heterocycles. The van der Waals surface area contributed by atoms with Gasteiger partial charge in [0.25, 0.3) is 11.8 Å². The number of hydrogen-bond donors (Lipinski definition) is 2. The Balaban J connectivity index is 1.93. The van der Waals surface area contributed by atoms with Gasteiger partial charge in [0, 0.05) is 7.05 Å². The number of hydrogen-bond acceptors (Lipinski definition) is 5. The molecule has 0 aliphatic rings. The Labute approximate surface area is 144 Å². The fourth-order valence-electron chi connectivity index (χ4n) is 1.81. The van der Waals surface area contributed by atoms with Gasteiger partial charge in [-0.2, -0.15) is 4.31 Å². The van der Waals surface area contributed by atoms with Crippen molar-refractivity contribution in [3.8, 4) is 0 Å². The van der Waals surface area contributed by atoms with E-state index >= 15 is 0 Å². The molecule has 0 unspecified atom stereocenters. The van der Waals surface area contributed by atoms with Crippen LogP contribution in [0.1, 0.15) is 15.2 Å². The van der Waals surface area contributed by atoms with Gasteiger partial charge in [-0.15, -0.1) is 11.3 Å². The van der Waals surface area contributed by atoms with E-state index < -0.39 is 28.4 Å². The zero-order chi connectivity index (χ0) is 17.7. The largest absolute Gasteiger partial charge is 0.279 e. The van der Waals surface area contributed by atoms with Crippen LogP contribution in [0.2, 0.25) is 0 Å². The molecular formula is C15H17N3O4S2. The van der Waals surface area contributed by atoms with Gasteiger partial charge < -0.3 is 0 Å². The lowest BCUT2D eigenvalue weighted by Crippen LogP contribution is -2.46. The Morgan fingerprint density at radius 3 is 2.38 bits per heavy atom. The summed E-state index contributed by atoms with van der Waals surface area (Å²) in [6.07, 6.45) is 0. The second-order valence-corrected chi connectivity index (χ2v) is 8.05. The van der Waals surface area contributed by atoms with Crippen molar-refractivity contribution in [2.24, 2.45) is 0 Å². The highest BCUT2D eigenvalue weighted by Gasteiger charge is 2.23. The molecule has 9 heteroatoms. The number of benzene rings is 1. The third kappa shape index (κ3) is 4.40. The Kier molecular flexibility index (Phi) is 5.71. The number of nitrogens with one attached hydrogen (secondary N) is 2. The normalized spacial score (nSPS) is 11.3. The van der Waals surface area contributed by atoms with Crippen LogP contribution in [-0.2, 0) is 14.8 Å². The summed E-state index contributed by atoms with van der Waals surface area (Å²) >= 11 is 1.23. The van der Waals surface area contributed by atoms with Gasteiger partial charge in [0.2, 0.25) is 10.0 Å². The summed E-state index contributed by atoms with van der Waals surface area (Å²) in [5.74, 6) is -1.10. The summed E-state index contributed by atoms with van der Waals surface area (Å²) < 4.78 is 25.6. The molecule has 1 aromatic heterocycles. The van der Waals surface area contributed by atoms with E-state index in [1.807, 2.05) is 6.92 Å². The molecule has 0 saturated heterocycles. The molecular weight excluding hydrogens is 350 g/mol. The van der Waals surface area contributed by atoms with Crippen LogP contribution in [-0.4, -0.2) is 38.1 Å². The van der Waals surface area contributed by atoms with E-state index in [1.54, 1.807) is 29.6 Å². The van der Waals surface area contributed by atoms with Gasteiger partial charge in [0.05, 0.1) is 16.3 Å². The topological polar surface area (TPSA) is 95.6 Å². The number of amides is 2. The lowest BCUT2D eigenvalue weighted by molar-refractivity contribution is -0.121. The Bertz CT molecular complexity index is 815. The van der Waals surface area contributed by atoms with Gasteiger partial charge in [-0.05, 0) is 30.5 Å². The van der Waals surface area contributed by atoms with E-state index in [2.05, 4.69) is 10.9 Å². The van der Waals surface area contributed by atoms with Gasteiger partial charge in [-0.3, -0.25) is 20.4 Å². The summed E-state index contributed by atoms with van der Waals surface area (Å²) in [4.78, 5) is 24.1. The first-order chi connectivity index (χ1) is 11.3. The average Bonchev–Trinajstić information content (AvgIpc) is 3.07. The summed E-state index contributed by atoms with van der Waals surface area (Å²) in [6, 6.07) is 9.66. The Morgan fingerprint density at radius 1 is 1.12 bits per heavy atom. The van der Waals surface area contributed by atoms with Crippen LogP contribution in [0.5, 0.6) is 0 Å². The maximum atomic E-state index is 12.4. The van der Waals surface area contributed by atoms with E-state index in [-0.39, 0.29) is 4.90 Å². The summed E-state index contributed by atoms with van der Waals surface area (Å²) in [5, 5.41) is 1.73. The van der Waals surface area contributed by atoms with Crippen LogP contribution < -0.4 is 10.9 Å². The van der Waals surface area contributed by atoms with Gasteiger partial charge in [-0.1, -0.05) is 23.8 Å². The SMILES string of the molecule is Cc1ccc(S(=O)(=O)N(C)CC(=O)NNC(=O)c2cccs2)cc1. The highest BCUT2D eigenvalue weighted by molar-refractivity contribution is 7.89. The second kappa shape index (κ2) is 7.56. The van der Waals surface area contributed by atoms with Crippen LogP contribution in [0.25, 0.3) is 0 Å². The number of nitrogens with zero attached hydrogens (tertiary/aromatic N) is 1. The number of carbonyl (C=O) groups is 2. The Morgan fingerprint density at radius 2 is 1.79 bits per heavy atom. The molecule has 2 rings (SSSR count). The van der Waals surface area contributed by atoms with Gasteiger partial charge in [0.15, 0.2) is 0 Å². The molecule has 0 bridgehead atoms.